The number of amides is 2. The lowest BCUT2D eigenvalue weighted by atomic mass is 9.85. The average Bonchev–Trinajstić information content (AvgIpc) is 2.86. The number of nitrogens with one attached hydrogen (secondary N) is 2. The van der Waals surface area contributed by atoms with Crippen molar-refractivity contribution < 1.29 is 9.90 Å². The van der Waals surface area contributed by atoms with Crippen molar-refractivity contribution in [1.29, 1.82) is 0 Å². The van der Waals surface area contributed by atoms with E-state index in [1.54, 1.807) is 0 Å². The van der Waals surface area contributed by atoms with Crippen molar-refractivity contribution in [3.63, 3.8) is 0 Å². The molecular weight excluding hydrogens is 204 g/mol. The fourth-order valence-electron chi connectivity index (χ4n) is 3.50. The Kier molecular flexibility index (Phi) is 2.54. The van der Waals surface area contributed by atoms with Crippen molar-refractivity contribution in [2.75, 3.05) is 6.61 Å². The van der Waals surface area contributed by atoms with Gasteiger partial charge in [-0.2, -0.15) is 0 Å². The maximum Gasteiger partial charge on any atom is 0.315 e. The first-order chi connectivity index (χ1) is 7.78. The lowest BCUT2D eigenvalue weighted by Crippen LogP contribution is -2.49. The summed E-state index contributed by atoms with van der Waals surface area (Å²) in [6.07, 6.45) is 5.88. The molecule has 0 aromatic heterocycles. The van der Waals surface area contributed by atoms with Crippen molar-refractivity contribution in [2.24, 2.45) is 17.8 Å². The Morgan fingerprint density at radius 2 is 1.88 bits per heavy atom. The number of rotatable bonds is 3. The molecule has 4 atom stereocenters. The second-order valence-electron chi connectivity index (χ2n) is 5.60. The number of urea groups is 1. The lowest BCUT2D eigenvalue weighted by Gasteiger charge is -2.30. The van der Waals surface area contributed by atoms with Gasteiger partial charge in [0.2, 0.25) is 0 Å². The summed E-state index contributed by atoms with van der Waals surface area (Å²) < 4.78 is 0. The van der Waals surface area contributed by atoms with E-state index in [0.717, 1.165) is 12.8 Å². The molecule has 0 aliphatic heterocycles. The highest BCUT2D eigenvalue weighted by Crippen LogP contribution is 2.48. The third kappa shape index (κ3) is 1.79. The van der Waals surface area contributed by atoms with Crippen LogP contribution in [0.3, 0.4) is 0 Å². The number of aliphatic hydroxyl groups is 1. The molecule has 3 rings (SSSR count). The molecule has 3 saturated carbocycles. The number of fused-ring (bicyclic) bond motifs is 2. The maximum absolute atomic E-state index is 11.7. The summed E-state index contributed by atoms with van der Waals surface area (Å²) in [5.74, 6) is 1.54. The van der Waals surface area contributed by atoms with E-state index in [9.17, 15) is 9.90 Å². The molecule has 16 heavy (non-hydrogen) atoms. The number of hydrogen-bond acceptors (Lipinski definition) is 2. The first kappa shape index (κ1) is 10.4. The van der Waals surface area contributed by atoms with Crippen LogP contribution in [0.2, 0.25) is 0 Å². The highest BCUT2D eigenvalue weighted by Gasteiger charge is 2.47. The number of aliphatic hydroxyl groups excluding tert-OH is 1. The van der Waals surface area contributed by atoms with Crippen molar-refractivity contribution in [2.45, 2.75) is 44.2 Å². The quantitative estimate of drug-likeness (QED) is 0.665. The molecular formula is C12H20N2O2. The molecule has 3 N–H and O–H groups in total. The van der Waals surface area contributed by atoms with Crippen LogP contribution >= 0.6 is 0 Å². The largest absolute Gasteiger partial charge is 0.396 e. The Hall–Kier alpha value is -0.770. The zero-order chi connectivity index (χ0) is 11.1. The summed E-state index contributed by atoms with van der Waals surface area (Å²) in [5.41, 5.74) is 0. The number of carbonyl (C=O) groups excluding carboxylic acids is 1. The van der Waals surface area contributed by atoms with Gasteiger partial charge in [0.05, 0.1) is 0 Å². The van der Waals surface area contributed by atoms with Crippen molar-refractivity contribution in [1.82, 2.24) is 10.6 Å². The van der Waals surface area contributed by atoms with Crippen LogP contribution in [0.15, 0.2) is 0 Å². The second kappa shape index (κ2) is 3.91. The summed E-state index contributed by atoms with van der Waals surface area (Å²) in [6, 6.07) is 0.590. The maximum atomic E-state index is 11.7. The summed E-state index contributed by atoms with van der Waals surface area (Å²) in [7, 11) is 0. The van der Waals surface area contributed by atoms with Gasteiger partial charge in [-0.3, -0.25) is 0 Å². The van der Waals surface area contributed by atoms with Gasteiger partial charge in [-0.15, -0.1) is 0 Å². The van der Waals surface area contributed by atoms with Crippen LogP contribution < -0.4 is 10.6 Å². The summed E-state index contributed by atoms with van der Waals surface area (Å²) >= 11 is 0. The minimum Gasteiger partial charge on any atom is -0.396 e. The fourth-order valence-corrected chi connectivity index (χ4v) is 3.50. The summed E-state index contributed by atoms with van der Waals surface area (Å²) in [5, 5.41) is 15.4. The molecule has 0 unspecified atom stereocenters. The molecule has 3 aliphatic carbocycles. The predicted octanol–water partition coefficient (Wildman–Crippen LogP) is 0.855. The molecule has 0 aromatic carbocycles. The van der Waals surface area contributed by atoms with Crippen molar-refractivity contribution in [3.05, 3.63) is 0 Å². The highest BCUT2D eigenvalue weighted by molar-refractivity contribution is 5.75. The van der Waals surface area contributed by atoms with Crippen LogP contribution in [0.25, 0.3) is 0 Å². The Morgan fingerprint density at radius 1 is 1.12 bits per heavy atom. The van der Waals surface area contributed by atoms with Crippen molar-refractivity contribution in [3.8, 4) is 0 Å². The van der Waals surface area contributed by atoms with E-state index in [1.807, 2.05) is 0 Å². The Morgan fingerprint density at radius 3 is 2.56 bits per heavy atom. The number of carbonyl (C=O) groups is 1. The van der Waals surface area contributed by atoms with Gasteiger partial charge in [-0.25, -0.2) is 4.79 Å². The van der Waals surface area contributed by atoms with Gasteiger partial charge in [-0.1, -0.05) is 0 Å². The first-order valence-electron chi connectivity index (χ1n) is 6.46. The molecule has 0 radical (unpaired) electrons. The first-order valence-corrected chi connectivity index (χ1v) is 6.46. The van der Waals surface area contributed by atoms with Crippen LogP contribution in [0.1, 0.15) is 32.1 Å². The number of hydrogen-bond donors (Lipinski definition) is 3. The van der Waals surface area contributed by atoms with E-state index < -0.39 is 0 Å². The molecule has 2 amide bonds. The zero-order valence-electron chi connectivity index (χ0n) is 9.48. The molecule has 0 saturated heterocycles. The molecule has 0 spiro atoms. The van der Waals surface area contributed by atoms with Gasteiger partial charge < -0.3 is 15.7 Å². The van der Waals surface area contributed by atoms with Gasteiger partial charge in [0.15, 0.2) is 0 Å². The van der Waals surface area contributed by atoms with Gasteiger partial charge in [0.25, 0.3) is 0 Å². The Bertz CT molecular complexity index is 291. The van der Waals surface area contributed by atoms with Crippen LogP contribution in [0.5, 0.6) is 0 Å². The van der Waals surface area contributed by atoms with Crippen molar-refractivity contribution >= 4 is 6.03 Å². The minimum atomic E-state index is -0.0292. The summed E-state index contributed by atoms with van der Waals surface area (Å²) in [4.78, 5) is 11.7. The second-order valence-corrected chi connectivity index (χ2v) is 5.60. The molecule has 4 nitrogen and oxygen atoms in total. The monoisotopic (exact) mass is 224 g/mol. The van der Waals surface area contributed by atoms with E-state index in [0.29, 0.717) is 23.8 Å². The van der Waals surface area contributed by atoms with Crippen LogP contribution in [0, 0.1) is 17.8 Å². The molecule has 3 fully saturated rings. The fraction of sp³-hybridized carbons (Fsp3) is 0.917. The molecule has 0 heterocycles. The molecule has 90 valence electrons. The van der Waals surface area contributed by atoms with E-state index in [-0.39, 0.29) is 18.7 Å². The lowest BCUT2D eigenvalue weighted by molar-refractivity contribution is 0.144. The van der Waals surface area contributed by atoms with E-state index in [1.165, 1.54) is 19.3 Å². The van der Waals surface area contributed by atoms with Gasteiger partial charge in [0, 0.05) is 24.6 Å². The smallest absolute Gasteiger partial charge is 0.315 e. The van der Waals surface area contributed by atoms with Crippen LogP contribution in [-0.2, 0) is 0 Å². The topological polar surface area (TPSA) is 61.4 Å². The highest BCUT2D eigenvalue weighted by atomic mass is 16.3. The zero-order valence-corrected chi connectivity index (χ0v) is 9.48. The van der Waals surface area contributed by atoms with Gasteiger partial charge in [-0.05, 0) is 43.9 Å². The molecule has 4 heteroatoms. The predicted molar refractivity (Wildman–Crippen MR) is 59.9 cm³/mol. The van der Waals surface area contributed by atoms with Crippen LogP contribution in [0.4, 0.5) is 4.79 Å². The molecule has 0 aromatic rings. The van der Waals surface area contributed by atoms with Gasteiger partial charge >= 0.3 is 6.03 Å². The molecule has 3 aliphatic rings. The minimum absolute atomic E-state index is 0.0292. The van der Waals surface area contributed by atoms with Gasteiger partial charge in [0.1, 0.15) is 0 Å². The van der Waals surface area contributed by atoms with E-state index >= 15 is 0 Å². The van der Waals surface area contributed by atoms with E-state index in [4.69, 9.17) is 0 Å². The third-order valence-corrected chi connectivity index (χ3v) is 4.51. The summed E-state index contributed by atoms with van der Waals surface area (Å²) in [6.45, 7) is 0.218. The average molecular weight is 224 g/mol. The normalized spacial score (nSPS) is 41.1. The van der Waals surface area contributed by atoms with Crippen LogP contribution in [-0.4, -0.2) is 29.8 Å². The SMILES string of the molecule is O=C(NC1CC1)N[C@@H]1[C@@H]2CC[C@H](C2)[C@H]1CO. The Balaban J connectivity index is 1.58. The Labute approximate surface area is 95.8 Å². The van der Waals surface area contributed by atoms with E-state index in [2.05, 4.69) is 10.6 Å². The third-order valence-electron chi connectivity index (χ3n) is 4.51. The standard InChI is InChI=1S/C12H20N2O2/c15-6-10-7-1-2-8(5-7)11(10)14-12(16)13-9-3-4-9/h7-11,15H,1-6H2,(H2,13,14,16)/t7-,8-,10-,11-/m1/s1. The molecule has 2 bridgehead atoms.